The maximum absolute atomic E-state index is 12.9. The number of thiophene rings is 1. The van der Waals surface area contributed by atoms with Crippen LogP contribution in [0.25, 0.3) is 0 Å². The van der Waals surface area contributed by atoms with Crippen LogP contribution in [0.15, 0.2) is 28.6 Å². The van der Waals surface area contributed by atoms with Gasteiger partial charge in [0.05, 0.1) is 7.11 Å². The first-order valence-electron chi connectivity index (χ1n) is 7.19. The fourth-order valence-electron chi connectivity index (χ4n) is 2.79. The molecule has 124 valence electrons. The molecule has 7 nitrogen and oxygen atoms in total. The van der Waals surface area contributed by atoms with Crippen LogP contribution >= 0.6 is 11.3 Å². The van der Waals surface area contributed by atoms with Crippen molar-refractivity contribution in [3.63, 3.8) is 0 Å². The lowest BCUT2D eigenvalue weighted by Crippen LogP contribution is -2.39. The molecular formula is C14H17N3O4S2. The van der Waals surface area contributed by atoms with Crippen LogP contribution < -0.4 is 0 Å². The number of methoxy groups -OCH3 is 1. The number of piperidine rings is 1. The average molecular weight is 355 g/mol. The van der Waals surface area contributed by atoms with Gasteiger partial charge in [-0.25, -0.2) is 13.2 Å². The second-order valence-corrected chi connectivity index (χ2v) is 8.14. The third kappa shape index (κ3) is 3.04. The molecule has 2 aromatic rings. The number of esters is 1. The summed E-state index contributed by atoms with van der Waals surface area (Å²) in [6.45, 7) is 0.824. The Balaban J connectivity index is 1.88. The predicted molar refractivity (Wildman–Crippen MR) is 85.0 cm³/mol. The normalized spacial score (nSPS) is 19.6. The zero-order chi connectivity index (χ0) is 16.4. The van der Waals surface area contributed by atoms with Crippen LogP contribution in [0.4, 0.5) is 0 Å². The summed E-state index contributed by atoms with van der Waals surface area (Å²) in [6, 6.07) is 3.33. The molecule has 0 aromatic carbocycles. The number of H-pyrrole nitrogens is 1. The Bertz CT molecular complexity index is 783. The number of hydrogen-bond acceptors (Lipinski definition) is 6. The van der Waals surface area contributed by atoms with Crippen molar-refractivity contribution < 1.29 is 17.9 Å². The molecule has 0 aliphatic carbocycles. The molecule has 1 fully saturated rings. The predicted octanol–water partition coefficient (Wildman–Crippen LogP) is 1.83. The van der Waals surface area contributed by atoms with E-state index in [-0.39, 0.29) is 15.7 Å². The largest absolute Gasteiger partial charge is 0.465 e. The summed E-state index contributed by atoms with van der Waals surface area (Å²) in [6.07, 6.45) is 3.33. The summed E-state index contributed by atoms with van der Waals surface area (Å²) in [5.74, 6) is -0.540. The lowest BCUT2D eigenvalue weighted by atomic mass is 9.96. The van der Waals surface area contributed by atoms with E-state index >= 15 is 0 Å². The monoisotopic (exact) mass is 355 g/mol. The van der Waals surface area contributed by atoms with E-state index in [4.69, 9.17) is 0 Å². The Morgan fingerprint density at radius 1 is 1.48 bits per heavy atom. The van der Waals surface area contributed by atoms with Gasteiger partial charge in [0.1, 0.15) is 9.77 Å². The van der Waals surface area contributed by atoms with E-state index in [1.807, 2.05) is 6.07 Å². The number of aromatic amines is 1. The molecule has 1 N–H and O–H groups in total. The number of nitrogens with zero attached hydrogens (tertiary/aromatic N) is 2. The van der Waals surface area contributed by atoms with Crippen LogP contribution in [0, 0.1) is 0 Å². The van der Waals surface area contributed by atoms with E-state index in [1.165, 1.54) is 17.5 Å². The van der Waals surface area contributed by atoms with Gasteiger partial charge in [-0.15, -0.1) is 11.3 Å². The molecule has 3 rings (SSSR count). The fourth-order valence-corrected chi connectivity index (χ4v) is 5.62. The molecule has 23 heavy (non-hydrogen) atoms. The lowest BCUT2D eigenvalue weighted by molar-refractivity contribution is 0.0602. The molecule has 0 saturated carbocycles. The van der Waals surface area contributed by atoms with Crippen LogP contribution in [0.3, 0.4) is 0 Å². The van der Waals surface area contributed by atoms with Crippen LogP contribution in [0.5, 0.6) is 0 Å². The van der Waals surface area contributed by atoms with Crippen LogP contribution in [-0.4, -0.2) is 49.1 Å². The molecule has 1 aliphatic heterocycles. The van der Waals surface area contributed by atoms with Crippen molar-refractivity contribution in [1.29, 1.82) is 0 Å². The summed E-state index contributed by atoms with van der Waals surface area (Å²) in [5.41, 5.74) is 0.934. The second kappa shape index (κ2) is 6.42. The third-order valence-corrected chi connectivity index (χ3v) is 6.90. The summed E-state index contributed by atoms with van der Waals surface area (Å²) < 4.78 is 31.9. The van der Waals surface area contributed by atoms with Gasteiger partial charge >= 0.3 is 5.97 Å². The number of carbonyl (C=O) groups is 1. The van der Waals surface area contributed by atoms with Gasteiger partial charge in [-0.05, 0) is 30.4 Å². The van der Waals surface area contributed by atoms with Gasteiger partial charge in [0, 0.05) is 30.9 Å². The first-order chi connectivity index (χ1) is 11.0. The van der Waals surface area contributed by atoms with E-state index in [1.54, 1.807) is 11.6 Å². The topological polar surface area (TPSA) is 92.4 Å². The highest BCUT2D eigenvalue weighted by molar-refractivity contribution is 7.89. The Morgan fingerprint density at radius 2 is 2.30 bits per heavy atom. The summed E-state index contributed by atoms with van der Waals surface area (Å²) in [7, 11) is -2.48. The second-order valence-electron chi connectivity index (χ2n) is 5.32. The Labute approximate surface area is 138 Å². The smallest absolute Gasteiger partial charge is 0.349 e. The van der Waals surface area contributed by atoms with Crippen LogP contribution in [0.1, 0.15) is 34.1 Å². The maximum Gasteiger partial charge on any atom is 0.349 e. The molecule has 1 atom stereocenters. The zero-order valence-corrected chi connectivity index (χ0v) is 14.2. The molecule has 0 radical (unpaired) electrons. The quantitative estimate of drug-likeness (QED) is 0.845. The molecule has 3 heterocycles. The molecule has 0 spiro atoms. The Kier molecular flexibility index (Phi) is 4.51. The average Bonchev–Trinajstić information content (AvgIpc) is 3.25. The van der Waals surface area contributed by atoms with Gasteiger partial charge in [-0.2, -0.15) is 9.40 Å². The van der Waals surface area contributed by atoms with Crippen molar-refractivity contribution in [3.8, 4) is 0 Å². The molecule has 1 saturated heterocycles. The first-order valence-corrected chi connectivity index (χ1v) is 9.51. The van der Waals surface area contributed by atoms with E-state index in [9.17, 15) is 13.2 Å². The van der Waals surface area contributed by atoms with Gasteiger partial charge in [-0.1, -0.05) is 0 Å². The minimum Gasteiger partial charge on any atom is -0.465 e. The Morgan fingerprint density at radius 3 is 3.00 bits per heavy atom. The molecule has 2 aromatic heterocycles. The first kappa shape index (κ1) is 16.2. The van der Waals surface area contributed by atoms with Gasteiger partial charge in [0.2, 0.25) is 10.0 Å². The summed E-state index contributed by atoms with van der Waals surface area (Å²) in [4.78, 5) is 11.9. The summed E-state index contributed by atoms with van der Waals surface area (Å²) in [5, 5.41) is 8.43. The summed E-state index contributed by atoms with van der Waals surface area (Å²) >= 11 is 1.08. The van der Waals surface area contributed by atoms with Crippen LogP contribution in [0.2, 0.25) is 0 Å². The fraction of sp³-hybridized carbons (Fsp3) is 0.429. The van der Waals surface area contributed by atoms with Gasteiger partial charge in [-0.3, -0.25) is 5.10 Å². The van der Waals surface area contributed by atoms with Crippen LogP contribution in [-0.2, 0) is 14.8 Å². The van der Waals surface area contributed by atoms with Crippen molar-refractivity contribution in [2.75, 3.05) is 20.2 Å². The number of hydrogen-bond donors (Lipinski definition) is 1. The van der Waals surface area contributed by atoms with E-state index in [2.05, 4.69) is 14.9 Å². The highest BCUT2D eigenvalue weighted by Gasteiger charge is 2.34. The molecular weight excluding hydrogens is 338 g/mol. The minimum absolute atomic E-state index is 0.0274. The number of aromatic nitrogens is 2. The Hall–Kier alpha value is -1.71. The molecule has 0 amide bonds. The minimum atomic E-state index is -3.72. The van der Waals surface area contributed by atoms with Crippen molar-refractivity contribution in [3.05, 3.63) is 34.3 Å². The van der Waals surface area contributed by atoms with E-state index in [0.29, 0.717) is 13.1 Å². The van der Waals surface area contributed by atoms with E-state index in [0.717, 1.165) is 29.9 Å². The number of rotatable bonds is 4. The lowest BCUT2D eigenvalue weighted by Gasteiger charge is -2.31. The third-order valence-electron chi connectivity index (χ3n) is 3.96. The van der Waals surface area contributed by atoms with Gasteiger partial charge in [0.25, 0.3) is 0 Å². The zero-order valence-electron chi connectivity index (χ0n) is 12.6. The standard InChI is InChI=1S/C14H17N3O4S2/c1-21-14(18)13-12(5-8-22-13)23(19,20)17-7-2-3-10(9-17)11-4-6-15-16-11/h4-6,8,10H,2-3,7,9H2,1H3,(H,15,16). The molecule has 1 aliphatic rings. The maximum atomic E-state index is 12.9. The van der Waals surface area contributed by atoms with Crippen molar-refractivity contribution in [2.45, 2.75) is 23.7 Å². The number of nitrogens with one attached hydrogen (secondary N) is 1. The number of sulfonamides is 1. The van der Waals surface area contributed by atoms with Crippen molar-refractivity contribution >= 4 is 27.3 Å². The van der Waals surface area contributed by atoms with Gasteiger partial charge < -0.3 is 4.74 Å². The highest BCUT2D eigenvalue weighted by atomic mass is 32.2. The SMILES string of the molecule is COC(=O)c1sccc1S(=O)(=O)N1CCCC(c2ccn[nH]2)C1. The molecule has 0 bridgehead atoms. The molecule has 1 unspecified atom stereocenters. The van der Waals surface area contributed by atoms with Gasteiger partial charge in [0.15, 0.2) is 0 Å². The highest BCUT2D eigenvalue weighted by Crippen LogP contribution is 2.32. The number of carbonyl (C=O) groups excluding carboxylic acids is 1. The van der Waals surface area contributed by atoms with Crippen molar-refractivity contribution in [2.24, 2.45) is 0 Å². The van der Waals surface area contributed by atoms with E-state index < -0.39 is 16.0 Å². The van der Waals surface area contributed by atoms with Crippen molar-refractivity contribution in [1.82, 2.24) is 14.5 Å². The number of ether oxygens (including phenoxy) is 1. The molecule has 9 heteroatoms.